The number of ether oxygens (including phenoxy) is 2. The van der Waals surface area contributed by atoms with Crippen molar-refractivity contribution in [1.29, 1.82) is 0 Å². The van der Waals surface area contributed by atoms with Crippen LogP contribution in [0.4, 0.5) is 5.69 Å². The molecule has 4 aromatic rings. The van der Waals surface area contributed by atoms with Crippen molar-refractivity contribution < 1.29 is 14.3 Å². The van der Waals surface area contributed by atoms with Crippen molar-refractivity contribution in [3.05, 3.63) is 124 Å². The smallest absolute Gasteiger partial charge is 0.271 e. The van der Waals surface area contributed by atoms with Gasteiger partial charge in [-0.1, -0.05) is 40.2 Å². The molecule has 39 heavy (non-hydrogen) atoms. The van der Waals surface area contributed by atoms with E-state index >= 15 is 0 Å². The maximum atomic E-state index is 12.3. The normalized spacial score (nSPS) is 14.8. The van der Waals surface area contributed by atoms with Crippen molar-refractivity contribution in [2.45, 2.75) is 12.5 Å². The molecule has 8 heteroatoms. The van der Waals surface area contributed by atoms with Gasteiger partial charge in [-0.05, 0) is 89.5 Å². The summed E-state index contributed by atoms with van der Waals surface area (Å²) in [7, 11) is 3.25. The molecule has 7 nitrogen and oxygen atoms in total. The number of nitrogens with zero attached hydrogens (tertiary/aromatic N) is 3. The number of carbonyl (C=O) groups is 1. The van der Waals surface area contributed by atoms with Crippen LogP contribution in [0.25, 0.3) is 0 Å². The monoisotopic (exact) mass is 582 g/mol. The average molecular weight is 583 g/mol. The van der Waals surface area contributed by atoms with Crippen LogP contribution in [0.15, 0.2) is 112 Å². The molecule has 1 heterocycles. The highest BCUT2D eigenvalue weighted by Gasteiger charge is 2.30. The molecule has 0 spiro atoms. The molecule has 5 rings (SSSR count). The van der Waals surface area contributed by atoms with E-state index in [0.717, 1.165) is 39.2 Å². The van der Waals surface area contributed by atoms with Crippen LogP contribution in [-0.4, -0.2) is 32.1 Å². The number of halogens is 1. The van der Waals surface area contributed by atoms with Gasteiger partial charge in [-0.3, -0.25) is 9.80 Å². The van der Waals surface area contributed by atoms with E-state index in [1.54, 1.807) is 44.7 Å². The average Bonchev–Trinajstić information content (AvgIpc) is 3.43. The molecule has 0 bridgehead atoms. The molecule has 0 aromatic heterocycles. The Kier molecular flexibility index (Phi) is 8.03. The maximum Gasteiger partial charge on any atom is 0.271 e. The number of rotatable bonds is 8. The highest BCUT2D eigenvalue weighted by atomic mass is 79.9. The van der Waals surface area contributed by atoms with Gasteiger partial charge in [0.25, 0.3) is 5.91 Å². The Balaban J connectivity index is 1.33. The highest BCUT2D eigenvalue weighted by molar-refractivity contribution is 9.10. The van der Waals surface area contributed by atoms with Crippen LogP contribution < -0.4 is 19.9 Å². The predicted octanol–water partition coefficient (Wildman–Crippen LogP) is 6.59. The molecule has 0 fully saturated rings. The van der Waals surface area contributed by atoms with Crippen molar-refractivity contribution in [3.63, 3.8) is 0 Å². The summed E-state index contributed by atoms with van der Waals surface area (Å²) in [5.41, 5.74) is 8.14. The molecule has 1 atom stereocenters. The summed E-state index contributed by atoms with van der Waals surface area (Å²) in [6.45, 7) is 0. The zero-order chi connectivity index (χ0) is 27.2. The lowest BCUT2D eigenvalue weighted by atomic mass is 9.98. The van der Waals surface area contributed by atoms with Gasteiger partial charge >= 0.3 is 0 Å². The standard InChI is InChI=1S/C31H27BrN4O3/c1-38-27-15-7-22(8-16-27)29-19-30(23-5-11-25(32)12-6-23)36(35-29)26-13-3-21(4-14-26)20-33-34-31(37)24-9-17-28(39-2)18-10-24/h3-18,20,30H,19H2,1-2H3,(H,34,37)/b33-20-/t30-/m0/s1. The maximum absolute atomic E-state index is 12.3. The number of methoxy groups -OCH3 is 2. The number of hydrogen-bond acceptors (Lipinski definition) is 6. The molecule has 0 saturated carbocycles. The van der Waals surface area contributed by atoms with Crippen LogP contribution in [0, 0.1) is 0 Å². The Bertz CT molecular complexity index is 1480. The van der Waals surface area contributed by atoms with Crippen LogP contribution in [0.2, 0.25) is 0 Å². The van der Waals surface area contributed by atoms with Gasteiger partial charge in [-0.25, -0.2) is 5.43 Å². The summed E-state index contributed by atoms with van der Waals surface area (Å²) in [5.74, 6) is 1.22. The SMILES string of the molecule is COc1ccc(C(=O)N/N=C\c2ccc(N3N=C(c4ccc(OC)cc4)C[C@H]3c3ccc(Br)cc3)cc2)cc1. The van der Waals surface area contributed by atoms with E-state index in [2.05, 4.69) is 55.7 Å². The van der Waals surface area contributed by atoms with Crippen molar-refractivity contribution in [2.75, 3.05) is 19.2 Å². The minimum Gasteiger partial charge on any atom is -0.497 e. The third-order valence-electron chi connectivity index (χ3n) is 6.48. The van der Waals surface area contributed by atoms with E-state index in [4.69, 9.17) is 14.6 Å². The number of amides is 1. The minimum atomic E-state index is -0.291. The van der Waals surface area contributed by atoms with Crippen LogP contribution in [0.5, 0.6) is 11.5 Å². The lowest BCUT2D eigenvalue weighted by molar-refractivity contribution is 0.0955. The molecule has 1 aliphatic rings. The molecule has 1 N–H and O–H groups in total. The third kappa shape index (κ3) is 6.18. The minimum absolute atomic E-state index is 0.0542. The lowest BCUT2D eigenvalue weighted by Crippen LogP contribution is -2.18. The van der Waals surface area contributed by atoms with Gasteiger partial charge < -0.3 is 9.47 Å². The van der Waals surface area contributed by atoms with E-state index in [0.29, 0.717) is 11.3 Å². The van der Waals surface area contributed by atoms with Gasteiger partial charge in [0.05, 0.1) is 37.9 Å². The highest BCUT2D eigenvalue weighted by Crippen LogP contribution is 2.37. The zero-order valence-corrected chi connectivity index (χ0v) is 23.1. The van der Waals surface area contributed by atoms with E-state index in [1.165, 1.54) is 5.56 Å². The molecule has 0 aliphatic carbocycles. The fraction of sp³-hybridized carbons (Fsp3) is 0.129. The molecule has 0 radical (unpaired) electrons. The first-order valence-electron chi connectivity index (χ1n) is 12.4. The first kappa shape index (κ1) is 26.2. The van der Waals surface area contributed by atoms with Crippen LogP contribution in [0.3, 0.4) is 0 Å². The summed E-state index contributed by atoms with van der Waals surface area (Å²) >= 11 is 3.53. The van der Waals surface area contributed by atoms with Gasteiger partial charge in [-0.15, -0.1) is 0 Å². The third-order valence-corrected chi connectivity index (χ3v) is 7.01. The van der Waals surface area contributed by atoms with Gasteiger partial charge in [-0.2, -0.15) is 10.2 Å². The second kappa shape index (κ2) is 12.0. The summed E-state index contributed by atoms with van der Waals surface area (Å²) in [5, 5.41) is 11.2. The molecular formula is C31H27BrN4O3. The van der Waals surface area contributed by atoms with E-state index in [1.807, 2.05) is 48.5 Å². The van der Waals surface area contributed by atoms with Crippen LogP contribution in [-0.2, 0) is 0 Å². The van der Waals surface area contributed by atoms with Gasteiger partial charge in [0.1, 0.15) is 11.5 Å². The topological polar surface area (TPSA) is 75.5 Å². The summed E-state index contributed by atoms with van der Waals surface area (Å²) in [4.78, 5) is 12.3. The number of hydrazone groups is 2. The van der Waals surface area contributed by atoms with Gasteiger partial charge in [0.15, 0.2) is 0 Å². The molecule has 196 valence electrons. The fourth-order valence-corrected chi connectivity index (χ4v) is 4.60. The van der Waals surface area contributed by atoms with Gasteiger partial charge in [0.2, 0.25) is 0 Å². The Morgan fingerprint density at radius 1 is 0.897 bits per heavy atom. The molecule has 0 saturated heterocycles. The van der Waals surface area contributed by atoms with E-state index in [-0.39, 0.29) is 11.9 Å². The Hall–Kier alpha value is -4.43. The number of anilines is 1. The molecule has 0 unspecified atom stereocenters. The van der Waals surface area contributed by atoms with Crippen molar-refractivity contribution in [2.24, 2.45) is 10.2 Å². The van der Waals surface area contributed by atoms with E-state index < -0.39 is 0 Å². The van der Waals surface area contributed by atoms with Crippen LogP contribution >= 0.6 is 15.9 Å². The Morgan fingerprint density at radius 2 is 1.51 bits per heavy atom. The first-order valence-corrected chi connectivity index (χ1v) is 13.2. The predicted molar refractivity (Wildman–Crippen MR) is 158 cm³/mol. The van der Waals surface area contributed by atoms with Gasteiger partial charge in [0, 0.05) is 16.5 Å². The Labute approximate surface area is 235 Å². The molecular weight excluding hydrogens is 556 g/mol. The number of carbonyl (C=O) groups excluding carboxylic acids is 1. The summed E-state index contributed by atoms with van der Waals surface area (Å²) in [6.07, 6.45) is 2.39. The Morgan fingerprint density at radius 3 is 2.13 bits per heavy atom. The number of nitrogens with one attached hydrogen (secondary N) is 1. The van der Waals surface area contributed by atoms with Crippen molar-refractivity contribution >= 4 is 39.5 Å². The molecule has 4 aromatic carbocycles. The van der Waals surface area contributed by atoms with Crippen LogP contribution in [0.1, 0.15) is 39.5 Å². The zero-order valence-electron chi connectivity index (χ0n) is 21.5. The van der Waals surface area contributed by atoms with Crippen molar-refractivity contribution in [3.8, 4) is 11.5 Å². The largest absolute Gasteiger partial charge is 0.497 e. The fourth-order valence-electron chi connectivity index (χ4n) is 4.34. The number of hydrogen-bond donors (Lipinski definition) is 1. The second-order valence-electron chi connectivity index (χ2n) is 8.91. The molecule has 1 amide bonds. The van der Waals surface area contributed by atoms with Crippen molar-refractivity contribution in [1.82, 2.24) is 5.43 Å². The first-order chi connectivity index (χ1) is 19.0. The quantitative estimate of drug-likeness (QED) is 0.188. The summed E-state index contributed by atoms with van der Waals surface area (Å²) < 4.78 is 11.5. The number of benzene rings is 4. The lowest BCUT2D eigenvalue weighted by Gasteiger charge is -2.24. The molecule has 1 aliphatic heterocycles. The van der Waals surface area contributed by atoms with E-state index in [9.17, 15) is 4.79 Å². The second-order valence-corrected chi connectivity index (χ2v) is 9.83. The summed E-state index contributed by atoms with van der Waals surface area (Å²) in [6, 6.07) is 31.2.